The summed E-state index contributed by atoms with van der Waals surface area (Å²) in [4.78, 5) is 4.34. The van der Waals surface area contributed by atoms with Crippen LogP contribution in [0.1, 0.15) is 11.7 Å². The van der Waals surface area contributed by atoms with Gasteiger partial charge in [-0.15, -0.1) is 0 Å². The Bertz CT molecular complexity index is 537. The number of rotatable bonds is 2. The number of nitrogens with zero attached hydrogens (tertiary/aromatic N) is 1. The van der Waals surface area contributed by atoms with E-state index in [0.29, 0.717) is 19.8 Å². The van der Waals surface area contributed by atoms with Gasteiger partial charge in [-0.2, -0.15) is 0 Å². The van der Waals surface area contributed by atoms with E-state index in [1.807, 2.05) is 30.3 Å². The van der Waals surface area contributed by atoms with E-state index in [-0.39, 0.29) is 6.10 Å². The van der Waals surface area contributed by atoms with Gasteiger partial charge in [0, 0.05) is 17.1 Å². The molecule has 1 aromatic heterocycles. The van der Waals surface area contributed by atoms with Crippen LogP contribution in [0.25, 0.3) is 10.9 Å². The highest BCUT2D eigenvalue weighted by atomic mass is 16.6. The first-order valence-corrected chi connectivity index (χ1v) is 6.07. The van der Waals surface area contributed by atoms with Crippen LogP contribution < -0.4 is 0 Å². The third-order valence-corrected chi connectivity index (χ3v) is 3.15. The Kier molecular flexibility index (Phi) is 3.23. The van der Waals surface area contributed by atoms with Crippen molar-refractivity contribution >= 4 is 10.9 Å². The molecule has 0 saturated carbocycles. The van der Waals surface area contributed by atoms with E-state index >= 15 is 0 Å². The molecule has 1 aliphatic rings. The maximum Gasteiger partial charge on any atom is 0.111 e. The van der Waals surface area contributed by atoms with Gasteiger partial charge in [-0.1, -0.05) is 18.2 Å². The van der Waals surface area contributed by atoms with Gasteiger partial charge in [0.25, 0.3) is 0 Å². The summed E-state index contributed by atoms with van der Waals surface area (Å²) in [6.45, 7) is 1.55. The zero-order valence-electron chi connectivity index (χ0n) is 9.95. The Hall–Kier alpha value is -1.49. The molecule has 1 aromatic carbocycles. The first kappa shape index (κ1) is 11.6. The Morgan fingerprint density at radius 2 is 2.17 bits per heavy atom. The van der Waals surface area contributed by atoms with Crippen LogP contribution in [0.5, 0.6) is 0 Å². The average Bonchev–Trinajstić information content (AvgIpc) is 2.47. The fourth-order valence-corrected chi connectivity index (χ4v) is 2.15. The predicted octanol–water partition coefficient (Wildman–Crippen LogP) is 1.68. The summed E-state index contributed by atoms with van der Waals surface area (Å²) in [6, 6.07) is 9.79. The fourth-order valence-electron chi connectivity index (χ4n) is 2.15. The first-order chi connectivity index (χ1) is 8.84. The lowest BCUT2D eigenvalue weighted by Gasteiger charge is -2.27. The third-order valence-electron chi connectivity index (χ3n) is 3.15. The number of pyridine rings is 1. The summed E-state index contributed by atoms with van der Waals surface area (Å²) in [7, 11) is 0. The van der Waals surface area contributed by atoms with E-state index in [9.17, 15) is 5.11 Å². The highest BCUT2D eigenvalue weighted by Gasteiger charge is 2.24. The zero-order valence-corrected chi connectivity index (χ0v) is 9.95. The van der Waals surface area contributed by atoms with Crippen molar-refractivity contribution in [2.75, 3.05) is 19.8 Å². The van der Waals surface area contributed by atoms with E-state index < -0.39 is 6.10 Å². The van der Waals surface area contributed by atoms with Crippen molar-refractivity contribution in [1.82, 2.24) is 4.98 Å². The predicted molar refractivity (Wildman–Crippen MR) is 67.3 cm³/mol. The molecule has 0 amide bonds. The summed E-state index contributed by atoms with van der Waals surface area (Å²) in [5.41, 5.74) is 1.69. The van der Waals surface area contributed by atoms with Crippen LogP contribution in [0, 0.1) is 0 Å². The number of aromatic nitrogens is 1. The lowest BCUT2D eigenvalue weighted by Crippen LogP contribution is -2.33. The topological polar surface area (TPSA) is 51.6 Å². The largest absolute Gasteiger partial charge is 0.386 e. The van der Waals surface area contributed by atoms with Gasteiger partial charge in [0.2, 0.25) is 0 Å². The molecule has 1 aliphatic heterocycles. The molecule has 4 nitrogen and oxygen atoms in total. The number of hydrogen-bond donors (Lipinski definition) is 1. The van der Waals surface area contributed by atoms with Crippen molar-refractivity contribution in [1.29, 1.82) is 0 Å². The van der Waals surface area contributed by atoms with Gasteiger partial charge in [0.1, 0.15) is 12.2 Å². The molecule has 0 aliphatic carbocycles. The van der Waals surface area contributed by atoms with Gasteiger partial charge in [0.05, 0.1) is 25.3 Å². The van der Waals surface area contributed by atoms with Crippen molar-refractivity contribution in [3.63, 3.8) is 0 Å². The van der Waals surface area contributed by atoms with Crippen molar-refractivity contribution in [2.24, 2.45) is 0 Å². The van der Waals surface area contributed by atoms with E-state index in [1.54, 1.807) is 6.20 Å². The SMILES string of the molecule is OC(c1cnc2ccccc2c1)C1COCCO1. The number of hydrogen-bond acceptors (Lipinski definition) is 4. The molecule has 0 spiro atoms. The van der Waals surface area contributed by atoms with Gasteiger partial charge in [-0.3, -0.25) is 4.98 Å². The summed E-state index contributed by atoms with van der Waals surface area (Å²) in [5, 5.41) is 11.3. The lowest BCUT2D eigenvalue weighted by molar-refractivity contribution is -0.133. The molecule has 2 aromatic rings. The highest BCUT2D eigenvalue weighted by molar-refractivity contribution is 5.78. The number of fused-ring (bicyclic) bond motifs is 1. The van der Waals surface area contributed by atoms with Gasteiger partial charge < -0.3 is 14.6 Å². The van der Waals surface area contributed by atoms with Crippen molar-refractivity contribution < 1.29 is 14.6 Å². The van der Waals surface area contributed by atoms with Crippen LogP contribution in [0.15, 0.2) is 36.5 Å². The molecule has 2 heterocycles. The molecule has 2 atom stereocenters. The van der Waals surface area contributed by atoms with Gasteiger partial charge in [-0.05, 0) is 12.1 Å². The zero-order chi connectivity index (χ0) is 12.4. The van der Waals surface area contributed by atoms with Crippen LogP contribution in [0.3, 0.4) is 0 Å². The fraction of sp³-hybridized carbons (Fsp3) is 0.357. The van der Waals surface area contributed by atoms with Crippen molar-refractivity contribution in [2.45, 2.75) is 12.2 Å². The monoisotopic (exact) mass is 245 g/mol. The van der Waals surface area contributed by atoms with Crippen LogP contribution >= 0.6 is 0 Å². The number of aliphatic hydroxyl groups is 1. The minimum absolute atomic E-state index is 0.304. The second-order valence-electron chi connectivity index (χ2n) is 4.39. The maximum atomic E-state index is 10.3. The number of ether oxygens (including phenoxy) is 2. The number of benzene rings is 1. The Morgan fingerprint density at radius 1 is 1.28 bits per heavy atom. The van der Waals surface area contributed by atoms with E-state index in [4.69, 9.17) is 9.47 Å². The van der Waals surface area contributed by atoms with Crippen LogP contribution in [-0.2, 0) is 9.47 Å². The summed E-state index contributed by atoms with van der Waals surface area (Å²) in [5.74, 6) is 0. The van der Waals surface area contributed by atoms with E-state index in [0.717, 1.165) is 16.5 Å². The smallest absolute Gasteiger partial charge is 0.111 e. The van der Waals surface area contributed by atoms with Gasteiger partial charge in [-0.25, -0.2) is 0 Å². The molecule has 2 unspecified atom stereocenters. The number of para-hydroxylation sites is 1. The normalized spacial score (nSPS) is 21.9. The summed E-state index contributed by atoms with van der Waals surface area (Å²) < 4.78 is 10.8. The lowest BCUT2D eigenvalue weighted by atomic mass is 10.0. The molecular weight excluding hydrogens is 230 g/mol. The molecule has 1 N–H and O–H groups in total. The van der Waals surface area contributed by atoms with Crippen LogP contribution in [0.2, 0.25) is 0 Å². The Morgan fingerprint density at radius 3 is 3.00 bits per heavy atom. The standard InChI is InChI=1S/C14H15NO3/c16-14(13-9-17-5-6-18-13)11-7-10-3-1-2-4-12(10)15-8-11/h1-4,7-8,13-14,16H,5-6,9H2. The summed E-state index contributed by atoms with van der Waals surface area (Å²) in [6.07, 6.45) is 0.703. The molecule has 0 radical (unpaired) electrons. The molecule has 4 heteroatoms. The van der Waals surface area contributed by atoms with Crippen LogP contribution in [0.4, 0.5) is 0 Å². The average molecular weight is 245 g/mol. The second-order valence-corrected chi connectivity index (χ2v) is 4.39. The van der Waals surface area contributed by atoms with E-state index in [1.165, 1.54) is 0 Å². The maximum absolute atomic E-state index is 10.3. The number of aliphatic hydroxyl groups excluding tert-OH is 1. The summed E-state index contributed by atoms with van der Waals surface area (Å²) >= 11 is 0. The molecule has 1 saturated heterocycles. The van der Waals surface area contributed by atoms with Crippen molar-refractivity contribution in [3.05, 3.63) is 42.1 Å². The molecule has 0 bridgehead atoms. The molecular formula is C14H15NO3. The Labute approximate surface area is 105 Å². The van der Waals surface area contributed by atoms with Crippen molar-refractivity contribution in [3.8, 4) is 0 Å². The highest BCUT2D eigenvalue weighted by Crippen LogP contribution is 2.23. The molecule has 94 valence electrons. The third kappa shape index (κ3) is 2.22. The Balaban J connectivity index is 1.88. The quantitative estimate of drug-likeness (QED) is 0.874. The molecule has 1 fully saturated rings. The molecule has 18 heavy (non-hydrogen) atoms. The second kappa shape index (κ2) is 5.02. The van der Waals surface area contributed by atoms with Gasteiger partial charge in [0.15, 0.2) is 0 Å². The minimum Gasteiger partial charge on any atom is -0.386 e. The van der Waals surface area contributed by atoms with Gasteiger partial charge >= 0.3 is 0 Å². The van der Waals surface area contributed by atoms with E-state index in [2.05, 4.69) is 4.98 Å². The minimum atomic E-state index is -0.692. The first-order valence-electron chi connectivity index (χ1n) is 6.07. The molecule has 3 rings (SSSR count). The van der Waals surface area contributed by atoms with Crippen LogP contribution in [-0.4, -0.2) is 36.0 Å².